The van der Waals surface area contributed by atoms with Gasteiger partial charge in [-0.3, -0.25) is 0 Å². The van der Waals surface area contributed by atoms with E-state index in [1.54, 1.807) is 11.8 Å². The second-order valence-electron chi connectivity index (χ2n) is 2.49. The lowest BCUT2D eigenvalue weighted by molar-refractivity contribution is 0.507. The van der Waals surface area contributed by atoms with Crippen molar-refractivity contribution in [3.05, 3.63) is 35.2 Å². The maximum Gasteiger partial charge on any atom is 0.0480 e. The highest BCUT2D eigenvalue weighted by molar-refractivity contribution is 8.05. The van der Waals surface area contributed by atoms with Crippen LogP contribution in [0.1, 0.15) is 6.42 Å². The summed E-state index contributed by atoms with van der Waals surface area (Å²) in [6.45, 7) is 4.68. The lowest BCUT2D eigenvalue weighted by Crippen LogP contribution is -2.12. The molecule has 60 valence electrons. The minimum absolute atomic E-state index is 0.985. The third-order valence-electron chi connectivity index (χ3n) is 1.51. The molecule has 1 aliphatic rings. The van der Waals surface area contributed by atoms with Crippen molar-refractivity contribution in [2.45, 2.75) is 6.42 Å². The van der Waals surface area contributed by atoms with E-state index in [1.165, 1.54) is 4.91 Å². The molecule has 0 bridgehead atoms. The summed E-state index contributed by atoms with van der Waals surface area (Å²) in [5.41, 5.74) is 0. The molecule has 0 aromatic carbocycles. The Hall–Kier alpha value is -0.630. The number of likely N-dealkylation sites (N-methyl/N-ethyl adjacent to an activating group) is 1. The zero-order chi connectivity index (χ0) is 8.10. The third kappa shape index (κ3) is 2.85. The summed E-state index contributed by atoms with van der Waals surface area (Å²) < 4.78 is 0. The van der Waals surface area contributed by atoms with E-state index in [-0.39, 0.29) is 0 Å². The molecule has 0 aromatic heterocycles. The largest absolute Gasteiger partial charge is 0.376 e. The fraction of sp³-hybridized carbons (Fsp3) is 0.333. The van der Waals surface area contributed by atoms with E-state index < -0.39 is 0 Å². The van der Waals surface area contributed by atoms with E-state index in [4.69, 9.17) is 0 Å². The van der Waals surface area contributed by atoms with Gasteiger partial charge in [-0.15, -0.1) is 11.8 Å². The first-order valence-electron chi connectivity index (χ1n) is 3.66. The molecule has 1 rings (SSSR count). The molecule has 0 atom stereocenters. The molecule has 1 aliphatic heterocycles. The van der Waals surface area contributed by atoms with Gasteiger partial charge >= 0.3 is 0 Å². The van der Waals surface area contributed by atoms with Gasteiger partial charge in [-0.1, -0.05) is 18.7 Å². The van der Waals surface area contributed by atoms with E-state index in [9.17, 15) is 0 Å². The lowest BCUT2D eigenvalue weighted by Gasteiger charge is -2.15. The first kappa shape index (κ1) is 8.47. The number of hydrogen-bond donors (Lipinski definition) is 0. The predicted octanol–water partition coefficient (Wildman–Crippen LogP) is 2.60. The molecule has 1 heterocycles. The van der Waals surface area contributed by atoms with Crippen molar-refractivity contribution in [3.8, 4) is 0 Å². The number of nitrogens with zero attached hydrogens (tertiary/aromatic N) is 1. The van der Waals surface area contributed by atoms with Crippen molar-refractivity contribution in [1.82, 2.24) is 4.90 Å². The number of allylic oxidation sites excluding steroid dienone is 2. The van der Waals surface area contributed by atoms with Gasteiger partial charge in [-0.05, 0) is 18.0 Å². The van der Waals surface area contributed by atoms with Gasteiger partial charge in [0, 0.05) is 18.5 Å². The molecular formula is C9H13NS. The average Bonchev–Trinajstić information content (AvgIpc) is 2.06. The van der Waals surface area contributed by atoms with Gasteiger partial charge in [-0.2, -0.15) is 0 Å². The molecular weight excluding hydrogens is 154 g/mol. The van der Waals surface area contributed by atoms with Gasteiger partial charge in [0.2, 0.25) is 0 Å². The molecule has 0 N–H and O–H groups in total. The molecule has 0 amide bonds. The molecule has 0 fully saturated rings. The van der Waals surface area contributed by atoms with E-state index in [0.29, 0.717) is 0 Å². The molecule has 11 heavy (non-hydrogen) atoms. The first-order valence-corrected chi connectivity index (χ1v) is 4.54. The lowest BCUT2D eigenvalue weighted by atomic mass is 10.3. The second kappa shape index (κ2) is 4.29. The molecule has 0 unspecified atom stereocenters. The van der Waals surface area contributed by atoms with Crippen LogP contribution in [0.2, 0.25) is 0 Å². The van der Waals surface area contributed by atoms with Gasteiger partial charge in [0.05, 0.1) is 0 Å². The summed E-state index contributed by atoms with van der Waals surface area (Å²) in [5.74, 6) is 0. The van der Waals surface area contributed by atoms with Crippen molar-refractivity contribution >= 4 is 11.8 Å². The fourth-order valence-corrected chi connectivity index (χ4v) is 1.70. The van der Waals surface area contributed by atoms with E-state index in [2.05, 4.69) is 29.0 Å². The third-order valence-corrected chi connectivity index (χ3v) is 2.44. The highest BCUT2D eigenvalue weighted by Gasteiger charge is 2.00. The van der Waals surface area contributed by atoms with Gasteiger partial charge in [0.25, 0.3) is 0 Å². The summed E-state index contributed by atoms with van der Waals surface area (Å²) in [6.07, 6.45) is 7.35. The van der Waals surface area contributed by atoms with Gasteiger partial charge in [-0.25, -0.2) is 0 Å². The Morgan fingerprint density at radius 3 is 3.18 bits per heavy atom. The average molecular weight is 167 g/mol. The minimum Gasteiger partial charge on any atom is -0.376 e. The van der Waals surface area contributed by atoms with Crippen molar-refractivity contribution in [3.63, 3.8) is 0 Å². The van der Waals surface area contributed by atoms with Crippen LogP contribution in [0.3, 0.4) is 0 Å². The summed E-state index contributed by atoms with van der Waals surface area (Å²) in [5, 5.41) is 2.15. The van der Waals surface area contributed by atoms with Crippen molar-refractivity contribution in [1.29, 1.82) is 0 Å². The molecule has 1 nitrogen and oxygen atoms in total. The van der Waals surface area contributed by atoms with Crippen LogP contribution in [-0.2, 0) is 0 Å². The fourth-order valence-electron chi connectivity index (χ4n) is 0.851. The quantitative estimate of drug-likeness (QED) is 0.635. The Balaban J connectivity index is 2.36. The van der Waals surface area contributed by atoms with E-state index >= 15 is 0 Å². The summed E-state index contributed by atoms with van der Waals surface area (Å²) in [7, 11) is 2.03. The Kier molecular flexibility index (Phi) is 3.30. The number of rotatable bonds is 3. The van der Waals surface area contributed by atoms with Crippen LogP contribution in [0.4, 0.5) is 0 Å². The highest BCUT2D eigenvalue weighted by atomic mass is 32.2. The van der Waals surface area contributed by atoms with E-state index in [1.807, 2.05) is 13.2 Å². The SMILES string of the molecule is C=CN(C)CC1=CCC=CS1. The van der Waals surface area contributed by atoms with Crippen LogP contribution in [0.5, 0.6) is 0 Å². The van der Waals surface area contributed by atoms with Crippen LogP contribution in [0.25, 0.3) is 0 Å². The molecule has 0 aromatic rings. The topological polar surface area (TPSA) is 3.24 Å². The summed E-state index contributed by atoms with van der Waals surface area (Å²) >= 11 is 1.80. The zero-order valence-electron chi connectivity index (χ0n) is 6.79. The molecule has 0 saturated heterocycles. The van der Waals surface area contributed by atoms with Crippen LogP contribution >= 0.6 is 11.8 Å². The molecule has 0 saturated carbocycles. The molecule has 0 spiro atoms. The minimum atomic E-state index is 0.985. The van der Waals surface area contributed by atoms with Gasteiger partial charge < -0.3 is 4.90 Å². The highest BCUT2D eigenvalue weighted by Crippen LogP contribution is 2.22. The maximum atomic E-state index is 3.70. The first-order chi connectivity index (χ1) is 5.33. The van der Waals surface area contributed by atoms with Crippen molar-refractivity contribution < 1.29 is 0 Å². The molecule has 0 aliphatic carbocycles. The standard InChI is InChI=1S/C9H13NS/c1-3-10(2)8-9-6-4-5-7-11-9/h3,5-7H,1,4,8H2,2H3. The van der Waals surface area contributed by atoms with Gasteiger partial charge in [0.15, 0.2) is 0 Å². The monoisotopic (exact) mass is 167 g/mol. The second-order valence-corrected chi connectivity index (χ2v) is 3.53. The van der Waals surface area contributed by atoms with Crippen LogP contribution in [0.15, 0.2) is 35.2 Å². The van der Waals surface area contributed by atoms with Gasteiger partial charge in [0.1, 0.15) is 0 Å². The van der Waals surface area contributed by atoms with Crippen LogP contribution in [-0.4, -0.2) is 18.5 Å². The maximum absolute atomic E-state index is 3.70. The van der Waals surface area contributed by atoms with E-state index in [0.717, 1.165) is 13.0 Å². The Labute approximate surface area is 72.5 Å². The Bertz CT molecular complexity index is 194. The van der Waals surface area contributed by atoms with Crippen molar-refractivity contribution in [2.24, 2.45) is 0 Å². The Morgan fingerprint density at radius 2 is 2.64 bits per heavy atom. The predicted molar refractivity (Wildman–Crippen MR) is 52.3 cm³/mol. The van der Waals surface area contributed by atoms with Crippen molar-refractivity contribution in [2.75, 3.05) is 13.6 Å². The van der Waals surface area contributed by atoms with Crippen LogP contribution in [0, 0.1) is 0 Å². The summed E-state index contributed by atoms with van der Waals surface area (Å²) in [4.78, 5) is 3.49. The Morgan fingerprint density at radius 1 is 1.82 bits per heavy atom. The normalized spacial score (nSPS) is 15.9. The summed E-state index contributed by atoms with van der Waals surface area (Å²) in [6, 6.07) is 0. The number of thioether (sulfide) groups is 1. The molecule has 2 heteroatoms. The zero-order valence-corrected chi connectivity index (χ0v) is 7.60. The molecule has 0 radical (unpaired) electrons. The number of hydrogen-bond acceptors (Lipinski definition) is 2. The van der Waals surface area contributed by atoms with Crippen LogP contribution < -0.4 is 0 Å². The smallest absolute Gasteiger partial charge is 0.0480 e.